The van der Waals surface area contributed by atoms with Crippen LogP contribution in [-0.4, -0.2) is 42.9 Å². The SMILES string of the molecule is CN(C)S(=O)(=O)c1cccc(-c2cncc(C(=O)O)c2)c1. The second-order valence-corrected chi connectivity index (χ2v) is 6.73. The maximum absolute atomic E-state index is 12.1. The van der Waals surface area contributed by atoms with Crippen LogP contribution < -0.4 is 0 Å². The lowest BCUT2D eigenvalue weighted by molar-refractivity contribution is 0.0696. The number of aromatic carboxylic acids is 1. The highest BCUT2D eigenvalue weighted by molar-refractivity contribution is 7.89. The van der Waals surface area contributed by atoms with Gasteiger partial charge < -0.3 is 5.11 Å². The van der Waals surface area contributed by atoms with Gasteiger partial charge in [-0.3, -0.25) is 4.98 Å². The lowest BCUT2D eigenvalue weighted by Gasteiger charge is -2.12. The van der Waals surface area contributed by atoms with Gasteiger partial charge in [-0.25, -0.2) is 17.5 Å². The molecule has 0 atom stereocenters. The van der Waals surface area contributed by atoms with E-state index < -0.39 is 16.0 Å². The van der Waals surface area contributed by atoms with Crippen molar-refractivity contribution in [1.82, 2.24) is 9.29 Å². The molecule has 1 N–H and O–H groups in total. The summed E-state index contributed by atoms with van der Waals surface area (Å²) in [5.41, 5.74) is 1.19. The van der Waals surface area contributed by atoms with Crippen LogP contribution in [0.3, 0.4) is 0 Å². The molecule has 1 aromatic heterocycles. The van der Waals surface area contributed by atoms with Crippen LogP contribution in [0.5, 0.6) is 0 Å². The largest absolute Gasteiger partial charge is 0.478 e. The molecule has 1 heterocycles. The van der Waals surface area contributed by atoms with Gasteiger partial charge in [-0.15, -0.1) is 0 Å². The van der Waals surface area contributed by atoms with E-state index in [1.165, 1.54) is 44.7 Å². The molecule has 0 saturated carbocycles. The lowest BCUT2D eigenvalue weighted by atomic mass is 10.1. The van der Waals surface area contributed by atoms with Gasteiger partial charge in [0.15, 0.2) is 0 Å². The Hall–Kier alpha value is -2.25. The molecule has 0 aliphatic heterocycles. The van der Waals surface area contributed by atoms with Crippen molar-refractivity contribution in [3.05, 3.63) is 48.3 Å². The number of carboxylic acid groups (broad SMARTS) is 1. The molecule has 0 radical (unpaired) electrons. The summed E-state index contributed by atoms with van der Waals surface area (Å²) in [6.07, 6.45) is 2.74. The first kappa shape index (κ1) is 15.1. The van der Waals surface area contributed by atoms with Crippen molar-refractivity contribution >= 4 is 16.0 Å². The fourth-order valence-corrected chi connectivity index (χ4v) is 2.71. The number of nitrogens with zero attached hydrogens (tertiary/aromatic N) is 2. The zero-order valence-corrected chi connectivity index (χ0v) is 12.3. The number of hydrogen-bond donors (Lipinski definition) is 1. The summed E-state index contributed by atoms with van der Waals surface area (Å²) in [5.74, 6) is -1.08. The molecule has 2 aromatic rings. The predicted molar refractivity (Wildman–Crippen MR) is 77.5 cm³/mol. The van der Waals surface area contributed by atoms with Gasteiger partial charge in [0.05, 0.1) is 10.5 Å². The maximum Gasteiger partial charge on any atom is 0.337 e. The van der Waals surface area contributed by atoms with E-state index in [1.54, 1.807) is 12.1 Å². The zero-order chi connectivity index (χ0) is 15.6. The number of carboxylic acids is 1. The Morgan fingerprint density at radius 3 is 2.48 bits per heavy atom. The first-order valence-corrected chi connectivity index (χ1v) is 7.47. The molecule has 0 bridgehead atoms. The molecule has 0 aliphatic carbocycles. The Labute approximate surface area is 122 Å². The summed E-state index contributed by atoms with van der Waals surface area (Å²) in [6.45, 7) is 0. The highest BCUT2D eigenvalue weighted by Crippen LogP contribution is 2.23. The molecule has 2 rings (SSSR count). The molecule has 6 nitrogen and oxygen atoms in total. The summed E-state index contributed by atoms with van der Waals surface area (Å²) in [4.78, 5) is 15.0. The van der Waals surface area contributed by atoms with E-state index in [0.29, 0.717) is 11.1 Å². The maximum atomic E-state index is 12.1. The van der Waals surface area contributed by atoms with Crippen molar-refractivity contribution < 1.29 is 18.3 Å². The van der Waals surface area contributed by atoms with E-state index in [9.17, 15) is 13.2 Å². The standard InChI is InChI=1S/C14H14N2O4S/c1-16(2)21(19,20)13-5-3-4-10(7-13)11-6-12(14(17)18)9-15-8-11/h3-9H,1-2H3,(H,17,18). The van der Waals surface area contributed by atoms with Gasteiger partial charge in [0.25, 0.3) is 0 Å². The van der Waals surface area contributed by atoms with Crippen LogP contribution in [0, 0.1) is 0 Å². The van der Waals surface area contributed by atoms with Gasteiger partial charge in [0.2, 0.25) is 10.0 Å². The molecular weight excluding hydrogens is 292 g/mol. The monoisotopic (exact) mass is 306 g/mol. The van der Waals surface area contributed by atoms with Gasteiger partial charge in [0.1, 0.15) is 0 Å². The predicted octanol–water partition coefficient (Wildman–Crippen LogP) is 1.70. The molecule has 7 heteroatoms. The third kappa shape index (κ3) is 3.09. The van der Waals surface area contributed by atoms with Crippen molar-refractivity contribution in [2.24, 2.45) is 0 Å². The topological polar surface area (TPSA) is 87.6 Å². The number of carbonyl (C=O) groups is 1. The van der Waals surface area contributed by atoms with Crippen LogP contribution in [0.15, 0.2) is 47.6 Å². The Kier molecular flexibility index (Phi) is 4.06. The highest BCUT2D eigenvalue weighted by atomic mass is 32.2. The molecule has 110 valence electrons. The molecule has 0 saturated heterocycles. The van der Waals surface area contributed by atoms with Gasteiger partial charge in [-0.1, -0.05) is 12.1 Å². The van der Waals surface area contributed by atoms with Crippen molar-refractivity contribution in [2.45, 2.75) is 4.90 Å². The van der Waals surface area contributed by atoms with E-state index in [2.05, 4.69) is 4.98 Å². The van der Waals surface area contributed by atoms with Gasteiger partial charge in [-0.05, 0) is 23.8 Å². The van der Waals surface area contributed by atoms with E-state index in [4.69, 9.17) is 5.11 Å². The number of benzene rings is 1. The smallest absolute Gasteiger partial charge is 0.337 e. The number of sulfonamides is 1. The molecule has 0 fully saturated rings. The van der Waals surface area contributed by atoms with Crippen LogP contribution >= 0.6 is 0 Å². The third-order valence-corrected chi connectivity index (χ3v) is 4.74. The lowest BCUT2D eigenvalue weighted by Crippen LogP contribution is -2.22. The Morgan fingerprint density at radius 1 is 1.14 bits per heavy atom. The quantitative estimate of drug-likeness (QED) is 0.929. The van der Waals surface area contributed by atoms with Gasteiger partial charge in [-0.2, -0.15) is 0 Å². The van der Waals surface area contributed by atoms with Crippen molar-refractivity contribution in [3.63, 3.8) is 0 Å². The Morgan fingerprint density at radius 2 is 1.86 bits per heavy atom. The van der Waals surface area contributed by atoms with Crippen molar-refractivity contribution in [2.75, 3.05) is 14.1 Å². The molecule has 0 amide bonds. The molecule has 21 heavy (non-hydrogen) atoms. The van der Waals surface area contributed by atoms with E-state index in [-0.39, 0.29) is 10.5 Å². The number of rotatable bonds is 4. The minimum absolute atomic E-state index is 0.0494. The average Bonchev–Trinajstić information content (AvgIpc) is 2.47. The molecule has 0 unspecified atom stereocenters. The van der Waals surface area contributed by atoms with E-state index in [0.717, 1.165) is 4.31 Å². The van der Waals surface area contributed by atoms with Crippen LogP contribution in [0.1, 0.15) is 10.4 Å². The number of hydrogen-bond acceptors (Lipinski definition) is 4. The second-order valence-electron chi connectivity index (χ2n) is 4.58. The fourth-order valence-electron chi connectivity index (χ4n) is 1.76. The van der Waals surface area contributed by atoms with E-state index >= 15 is 0 Å². The first-order valence-electron chi connectivity index (χ1n) is 6.03. The van der Waals surface area contributed by atoms with Crippen molar-refractivity contribution in [3.8, 4) is 11.1 Å². The summed E-state index contributed by atoms with van der Waals surface area (Å²) in [7, 11) is -0.631. The number of pyridine rings is 1. The molecular formula is C14H14N2O4S. The average molecular weight is 306 g/mol. The highest BCUT2D eigenvalue weighted by Gasteiger charge is 2.17. The van der Waals surface area contributed by atoms with Crippen LogP contribution in [0.2, 0.25) is 0 Å². The van der Waals surface area contributed by atoms with Crippen LogP contribution in [0.25, 0.3) is 11.1 Å². The zero-order valence-electron chi connectivity index (χ0n) is 11.5. The van der Waals surface area contributed by atoms with Gasteiger partial charge >= 0.3 is 5.97 Å². The molecule has 0 aliphatic rings. The van der Waals surface area contributed by atoms with Gasteiger partial charge in [0, 0.05) is 32.1 Å². The van der Waals surface area contributed by atoms with Crippen molar-refractivity contribution in [1.29, 1.82) is 0 Å². The summed E-state index contributed by atoms with van der Waals surface area (Å²) >= 11 is 0. The Bertz CT molecular complexity index is 785. The second kappa shape index (κ2) is 5.63. The summed E-state index contributed by atoms with van der Waals surface area (Å²) in [5, 5.41) is 8.97. The Balaban J connectivity index is 2.52. The summed E-state index contributed by atoms with van der Waals surface area (Å²) in [6, 6.07) is 7.76. The summed E-state index contributed by atoms with van der Waals surface area (Å²) < 4.78 is 25.3. The molecule has 0 spiro atoms. The molecule has 1 aromatic carbocycles. The number of aromatic nitrogens is 1. The third-order valence-electron chi connectivity index (χ3n) is 2.93. The first-order chi connectivity index (χ1) is 9.82. The van der Waals surface area contributed by atoms with Crippen LogP contribution in [0.4, 0.5) is 0 Å². The fraction of sp³-hybridized carbons (Fsp3) is 0.143. The van der Waals surface area contributed by atoms with E-state index in [1.807, 2.05) is 0 Å². The minimum Gasteiger partial charge on any atom is -0.478 e. The minimum atomic E-state index is -3.54. The van der Waals surface area contributed by atoms with Crippen LogP contribution in [-0.2, 0) is 10.0 Å². The normalized spacial score (nSPS) is 11.6.